The van der Waals surface area contributed by atoms with Gasteiger partial charge in [0.15, 0.2) is 0 Å². The molecular formula is C10H17F3N2O. The Bertz CT molecular complexity index is 255. The summed E-state index contributed by atoms with van der Waals surface area (Å²) >= 11 is 0. The summed E-state index contributed by atoms with van der Waals surface area (Å²) in [6.07, 6.45) is -4.49. The first kappa shape index (κ1) is 13.3. The molecule has 0 aromatic carbocycles. The van der Waals surface area contributed by atoms with Gasteiger partial charge in [0.05, 0.1) is 0 Å². The van der Waals surface area contributed by atoms with Crippen LogP contribution >= 0.6 is 0 Å². The maximum atomic E-state index is 12.3. The Balaban J connectivity index is 2.61. The van der Waals surface area contributed by atoms with Gasteiger partial charge in [-0.2, -0.15) is 13.2 Å². The fourth-order valence-electron chi connectivity index (χ4n) is 2.15. The van der Waals surface area contributed by atoms with Gasteiger partial charge in [-0.1, -0.05) is 0 Å². The summed E-state index contributed by atoms with van der Waals surface area (Å²) in [6, 6.07) is -0.0370. The van der Waals surface area contributed by atoms with Crippen LogP contribution in [0.2, 0.25) is 0 Å². The van der Waals surface area contributed by atoms with E-state index < -0.39 is 18.5 Å². The summed E-state index contributed by atoms with van der Waals surface area (Å²) < 4.78 is 36.8. The first-order valence-corrected chi connectivity index (χ1v) is 5.31. The van der Waals surface area contributed by atoms with E-state index >= 15 is 0 Å². The average molecular weight is 238 g/mol. The van der Waals surface area contributed by atoms with Crippen molar-refractivity contribution >= 4 is 5.91 Å². The van der Waals surface area contributed by atoms with Crippen molar-refractivity contribution < 1.29 is 18.0 Å². The van der Waals surface area contributed by atoms with Crippen molar-refractivity contribution in [2.24, 2.45) is 5.92 Å². The minimum atomic E-state index is -4.15. The van der Waals surface area contributed by atoms with Crippen molar-refractivity contribution in [3.63, 3.8) is 0 Å². The number of piperidine rings is 1. The van der Waals surface area contributed by atoms with Crippen LogP contribution < -0.4 is 5.32 Å². The molecule has 16 heavy (non-hydrogen) atoms. The Morgan fingerprint density at radius 2 is 2.06 bits per heavy atom. The summed E-state index contributed by atoms with van der Waals surface area (Å²) in [6.45, 7) is 2.11. The number of rotatable bonds is 2. The molecule has 1 rings (SSSR count). The van der Waals surface area contributed by atoms with Gasteiger partial charge in [-0.15, -0.1) is 0 Å². The summed E-state index contributed by atoms with van der Waals surface area (Å²) in [4.78, 5) is 12.7. The molecule has 0 aromatic heterocycles. The number of nitrogens with one attached hydrogen (secondary N) is 1. The number of nitrogens with zero attached hydrogens (tertiary/aromatic N) is 1. The zero-order valence-corrected chi connectivity index (χ0v) is 9.47. The molecule has 6 heteroatoms. The molecule has 1 heterocycles. The second-order valence-corrected chi connectivity index (χ2v) is 4.33. The zero-order valence-electron chi connectivity index (χ0n) is 9.47. The third-order valence-corrected chi connectivity index (χ3v) is 2.91. The number of halogens is 3. The van der Waals surface area contributed by atoms with Gasteiger partial charge in [0.1, 0.15) is 0 Å². The molecule has 0 saturated carbocycles. The molecule has 2 unspecified atom stereocenters. The van der Waals surface area contributed by atoms with E-state index in [0.717, 1.165) is 0 Å². The number of carbonyl (C=O) groups is 1. The van der Waals surface area contributed by atoms with Crippen LogP contribution in [0.3, 0.4) is 0 Å². The van der Waals surface area contributed by atoms with Gasteiger partial charge >= 0.3 is 6.18 Å². The van der Waals surface area contributed by atoms with Crippen LogP contribution in [-0.2, 0) is 4.79 Å². The molecule has 0 aromatic rings. The molecule has 3 nitrogen and oxygen atoms in total. The van der Waals surface area contributed by atoms with Crippen LogP contribution in [0, 0.1) is 5.92 Å². The standard InChI is InChI=1S/C10H17F3N2O/c1-7(16)15-5-8(4-10(11,12)13)3-9(6-15)14-2/h8-9,14H,3-6H2,1-2H3. The van der Waals surface area contributed by atoms with E-state index in [9.17, 15) is 18.0 Å². The highest BCUT2D eigenvalue weighted by atomic mass is 19.4. The first-order valence-electron chi connectivity index (χ1n) is 5.31. The van der Waals surface area contributed by atoms with Crippen molar-refractivity contribution in [3.05, 3.63) is 0 Å². The van der Waals surface area contributed by atoms with Crippen LogP contribution in [0.4, 0.5) is 13.2 Å². The predicted molar refractivity (Wildman–Crippen MR) is 53.9 cm³/mol. The van der Waals surface area contributed by atoms with E-state index in [1.54, 1.807) is 7.05 Å². The molecule has 0 radical (unpaired) electrons. The summed E-state index contributed by atoms with van der Waals surface area (Å²) in [7, 11) is 1.71. The molecule has 1 aliphatic rings. The Kier molecular flexibility index (Phi) is 4.18. The van der Waals surface area contributed by atoms with Crippen LogP contribution in [0.1, 0.15) is 19.8 Å². The SMILES string of the molecule is CNC1CC(CC(F)(F)F)CN(C(C)=O)C1. The lowest BCUT2D eigenvalue weighted by Crippen LogP contribution is -2.50. The lowest BCUT2D eigenvalue weighted by Gasteiger charge is -2.37. The van der Waals surface area contributed by atoms with Gasteiger partial charge in [-0.05, 0) is 19.4 Å². The second-order valence-electron chi connectivity index (χ2n) is 4.33. The fraction of sp³-hybridized carbons (Fsp3) is 0.900. The van der Waals surface area contributed by atoms with Crippen molar-refractivity contribution in [1.29, 1.82) is 0 Å². The zero-order chi connectivity index (χ0) is 12.3. The second kappa shape index (κ2) is 5.03. The largest absolute Gasteiger partial charge is 0.389 e. The molecule has 1 amide bonds. The topological polar surface area (TPSA) is 32.3 Å². The lowest BCUT2D eigenvalue weighted by molar-refractivity contribution is -0.152. The quantitative estimate of drug-likeness (QED) is 0.788. The van der Waals surface area contributed by atoms with Gasteiger partial charge in [0.2, 0.25) is 5.91 Å². The first-order chi connectivity index (χ1) is 7.31. The molecule has 0 bridgehead atoms. The maximum absolute atomic E-state index is 12.3. The van der Waals surface area contributed by atoms with Gasteiger partial charge in [-0.3, -0.25) is 4.79 Å². The smallest absolute Gasteiger partial charge is 0.341 e. The van der Waals surface area contributed by atoms with E-state index in [2.05, 4.69) is 5.32 Å². The third kappa shape index (κ3) is 4.00. The van der Waals surface area contributed by atoms with E-state index in [1.165, 1.54) is 11.8 Å². The van der Waals surface area contributed by atoms with E-state index in [0.29, 0.717) is 13.0 Å². The highest BCUT2D eigenvalue weighted by molar-refractivity contribution is 5.73. The predicted octanol–water partition coefficient (Wildman–Crippen LogP) is 1.40. The number of amides is 1. The third-order valence-electron chi connectivity index (χ3n) is 2.91. The van der Waals surface area contributed by atoms with Gasteiger partial charge < -0.3 is 10.2 Å². The van der Waals surface area contributed by atoms with Crippen LogP contribution in [-0.4, -0.2) is 43.2 Å². The van der Waals surface area contributed by atoms with E-state index in [4.69, 9.17) is 0 Å². The normalized spacial score (nSPS) is 26.9. The monoisotopic (exact) mass is 238 g/mol. The highest BCUT2D eigenvalue weighted by Gasteiger charge is 2.36. The molecule has 0 spiro atoms. The number of hydrogen-bond donors (Lipinski definition) is 1. The molecule has 2 atom stereocenters. The summed E-state index contributed by atoms with van der Waals surface area (Å²) in [5.74, 6) is -0.651. The fourth-order valence-corrected chi connectivity index (χ4v) is 2.15. The van der Waals surface area contributed by atoms with Gasteiger partial charge in [-0.25, -0.2) is 0 Å². The van der Waals surface area contributed by atoms with Crippen LogP contribution in [0.15, 0.2) is 0 Å². The number of hydrogen-bond acceptors (Lipinski definition) is 2. The van der Waals surface area contributed by atoms with Crippen molar-refractivity contribution in [2.45, 2.75) is 32.0 Å². The number of likely N-dealkylation sites (tertiary alicyclic amines) is 1. The molecule has 94 valence electrons. The van der Waals surface area contributed by atoms with E-state index in [1.807, 2.05) is 0 Å². The minimum absolute atomic E-state index is 0.0370. The summed E-state index contributed by atoms with van der Waals surface area (Å²) in [5, 5.41) is 2.94. The Labute approximate surface area is 93.0 Å². The number of carbonyl (C=O) groups excluding carboxylic acids is 1. The molecule has 0 aliphatic carbocycles. The molecular weight excluding hydrogens is 221 g/mol. The van der Waals surface area contributed by atoms with Gasteiger partial charge in [0.25, 0.3) is 0 Å². The van der Waals surface area contributed by atoms with Crippen molar-refractivity contribution in [3.8, 4) is 0 Å². The van der Waals surface area contributed by atoms with Crippen LogP contribution in [0.5, 0.6) is 0 Å². The lowest BCUT2D eigenvalue weighted by atomic mass is 9.91. The Morgan fingerprint density at radius 3 is 2.50 bits per heavy atom. The highest BCUT2D eigenvalue weighted by Crippen LogP contribution is 2.30. The summed E-state index contributed by atoms with van der Waals surface area (Å²) in [5.41, 5.74) is 0. The molecule has 1 saturated heterocycles. The Morgan fingerprint density at radius 1 is 1.44 bits per heavy atom. The number of alkyl halides is 3. The maximum Gasteiger partial charge on any atom is 0.389 e. The van der Waals surface area contributed by atoms with Crippen LogP contribution in [0.25, 0.3) is 0 Å². The number of likely N-dealkylation sites (N-methyl/N-ethyl adjacent to an activating group) is 1. The Hall–Kier alpha value is -0.780. The van der Waals surface area contributed by atoms with Crippen molar-refractivity contribution in [1.82, 2.24) is 10.2 Å². The minimum Gasteiger partial charge on any atom is -0.341 e. The molecule has 1 fully saturated rings. The van der Waals surface area contributed by atoms with Gasteiger partial charge in [0, 0.05) is 32.5 Å². The molecule has 1 aliphatic heterocycles. The van der Waals surface area contributed by atoms with Crippen molar-refractivity contribution in [2.75, 3.05) is 20.1 Å². The average Bonchev–Trinajstić information content (AvgIpc) is 2.14. The molecule has 1 N–H and O–H groups in total. The van der Waals surface area contributed by atoms with E-state index in [-0.39, 0.29) is 18.5 Å².